The molecule has 8 N–H and O–H groups in total. The van der Waals surface area contributed by atoms with E-state index in [1.54, 1.807) is 35.2 Å². The number of carbonyl (C=O) groups excluding carboxylic acids is 2. The Kier molecular flexibility index (Phi) is 10.7. The Labute approximate surface area is 217 Å². The van der Waals surface area contributed by atoms with Gasteiger partial charge in [0, 0.05) is 19.1 Å². The second-order valence-corrected chi connectivity index (χ2v) is 10.1. The van der Waals surface area contributed by atoms with Gasteiger partial charge in [0.2, 0.25) is 11.8 Å². The van der Waals surface area contributed by atoms with Crippen LogP contribution in [0.25, 0.3) is 0 Å². The van der Waals surface area contributed by atoms with Crippen LogP contribution in [0.3, 0.4) is 0 Å². The van der Waals surface area contributed by atoms with E-state index in [9.17, 15) is 19.5 Å². The van der Waals surface area contributed by atoms with Gasteiger partial charge in [-0.15, -0.1) is 0 Å². The zero-order chi connectivity index (χ0) is 26.8. The third kappa shape index (κ3) is 8.71. The highest BCUT2D eigenvalue weighted by molar-refractivity contribution is 5.90. The van der Waals surface area contributed by atoms with Gasteiger partial charge in [-0.05, 0) is 30.7 Å². The number of aliphatic hydroxyl groups is 1. The van der Waals surface area contributed by atoms with Gasteiger partial charge in [0.1, 0.15) is 12.1 Å². The SMILES string of the molecule is N=C(N)N1CCC(NC(=O)[C@H](NC(=O)C(CC2CCCCC2)NCC(=O)O)[C@H](O)c2ccccc2)CC1. The van der Waals surface area contributed by atoms with E-state index in [1.807, 2.05) is 0 Å². The first-order valence-corrected chi connectivity index (χ1v) is 13.1. The van der Waals surface area contributed by atoms with Gasteiger partial charge in [0.25, 0.3) is 0 Å². The van der Waals surface area contributed by atoms with E-state index in [2.05, 4.69) is 16.0 Å². The van der Waals surface area contributed by atoms with E-state index in [0.29, 0.717) is 43.8 Å². The lowest BCUT2D eigenvalue weighted by atomic mass is 9.84. The van der Waals surface area contributed by atoms with Crippen LogP contribution in [0.1, 0.15) is 63.0 Å². The number of aliphatic carboxylic acids is 1. The van der Waals surface area contributed by atoms with Crippen LogP contribution in [0.15, 0.2) is 30.3 Å². The first-order chi connectivity index (χ1) is 17.7. The zero-order valence-corrected chi connectivity index (χ0v) is 21.2. The highest BCUT2D eigenvalue weighted by Crippen LogP contribution is 2.27. The van der Waals surface area contributed by atoms with Gasteiger partial charge in [0.15, 0.2) is 5.96 Å². The van der Waals surface area contributed by atoms with Crippen molar-refractivity contribution in [3.8, 4) is 0 Å². The summed E-state index contributed by atoms with van der Waals surface area (Å²) in [7, 11) is 0. The quantitative estimate of drug-likeness (QED) is 0.166. The Hall–Kier alpha value is -3.18. The lowest BCUT2D eigenvalue weighted by molar-refractivity contribution is -0.137. The number of hydrogen-bond donors (Lipinski definition) is 7. The number of rotatable bonds is 11. The molecule has 1 aliphatic carbocycles. The second kappa shape index (κ2) is 13.9. The molecule has 2 fully saturated rings. The van der Waals surface area contributed by atoms with E-state index < -0.39 is 36.0 Å². The molecule has 11 nitrogen and oxygen atoms in total. The number of aliphatic hydroxyl groups excluding tert-OH is 1. The fourth-order valence-electron chi connectivity index (χ4n) is 5.19. The second-order valence-electron chi connectivity index (χ2n) is 10.1. The van der Waals surface area contributed by atoms with Crippen LogP contribution in [-0.2, 0) is 14.4 Å². The predicted octanol–water partition coefficient (Wildman–Crippen LogP) is 0.692. The van der Waals surface area contributed by atoms with Crippen molar-refractivity contribution in [3.63, 3.8) is 0 Å². The summed E-state index contributed by atoms with van der Waals surface area (Å²) in [6, 6.07) is 6.41. The molecule has 204 valence electrons. The summed E-state index contributed by atoms with van der Waals surface area (Å²) in [6.07, 6.45) is 5.62. The number of amides is 2. The number of nitrogens with two attached hydrogens (primary N) is 1. The maximum absolute atomic E-state index is 13.4. The molecule has 11 heteroatoms. The number of nitrogens with zero attached hydrogens (tertiary/aromatic N) is 1. The van der Waals surface area contributed by atoms with Crippen molar-refractivity contribution in [2.24, 2.45) is 11.7 Å². The van der Waals surface area contributed by atoms with Gasteiger partial charge in [-0.2, -0.15) is 0 Å². The van der Waals surface area contributed by atoms with Gasteiger partial charge >= 0.3 is 5.97 Å². The van der Waals surface area contributed by atoms with Crippen molar-refractivity contribution < 1.29 is 24.6 Å². The maximum atomic E-state index is 13.4. The Balaban J connectivity index is 1.73. The minimum atomic E-state index is -1.29. The Morgan fingerprint density at radius 2 is 1.68 bits per heavy atom. The van der Waals surface area contributed by atoms with Gasteiger partial charge in [-0.25, -0.2) is 0 Å². The smallest absolute Gasteiger partial charge is 0.317 e. The molecule has 0 radical (unpaired) electrons. The molecule has 37 heavy (non-hydrogen) atoms. The zero-order valence-electron chi connectivity index (χ0n) is 21.2. The Morgan fingerprint density at radius 3 is 2.27 bits per heavy atom. The average Bonchev–Trinajstić information content (AvgIpc) is 2.90. The van der Waals surface area contributed by atoms with E-state index >= 15 is 0 Å². The molecule has 0 bridgehead atoms. The normalized spacial score (nSPS) is 19.4. The van der Waals surface area contributed by atoms with Crippen LogP contribution in [0.2, 0.25) is 0 Å². The number of piperidine rings is 1. The fourth-order valence-corrected chi connectivity index (χ4v) is 5.19. The molecular formula is C26H40N6O5. The number of hydrogen-bond acceptors (Lipinski definition) is 6. The van der Waals surface area contributed by atoms with Crippen LogP contribution < -0.4 is 21.7 Å². The van der Waals surface area contributed by atoms with Crippen LogP contribution in [0, 0.1) is 11.3 Å². The van der Waals surface area contributed by atoms with Gasteiger partial charge < -0.3 is 31.5 Å². The lowest BCUT2D eigenvalue weighted by Gasteiger charge is -2.34. The maximum Gasteiger partial charge on any atom is 0.317 e. The average molecular weight is 517 g/mol. The molecule has 2 aliphatic rings. The van der Waals surface area contributed by atoms with Crippen LogP contribution in [0.4, 0.5) is 0 Å². The van der Waals surface area contributed by atoms with Crippen molar-refractivity contribution in [1.82, 2.24) is 20.9 Å². The van der Waals surface area contributed by atoms with Gasteiger partial charge in [-0.1, -0.05) is 62.4 Å². The van der Waals surface area contributed by atoms with Crippen molar-refractivity contribution in [3.05, 3.63) is 35.9 Å². The largest absolute Gasteiger partial charge is 0.480 e. The number of carbonyl (C=O) groups is 3. The summed E-state index contributed by atoms with van der Waals surface area (Å²) >= 11 is 0. The first-order valence-electron chi connectivity index (χ1n) is 13.1. The van der Waals surface area contributed by atoms with Crippen LogP contribution in [0.5, 0.6) is 0 Å². The predicted molar refractivity (Wildman–Crippen MR) is 139 cm³/mol. The van der Waals surface area contributed by atoms with Gasteiger partial charge in [0.05, 0.1) is 12.6 Å². The standard InChI is InChI=1S/C26H40N6O5/c27-26(28)32-13-11-19(12-14-32)30-25(37)22(23(35)18-9-5-2-6-10-18)31-24(36)20(29-16-21(33)34)15-17-7-3-1-4-8-17/h2,5-6,9-10,17,19-20,22-23,29,35H,1,3-4,7-8,11-16H2,(H3,27,28)(H,30,37)(H,31,36)(H,33,34)/t20?,22-,23-/m1/s1. The molecule has 1 unspecified atom stereocenters. The molecule has 1 saturated carbocycles. The van der Waals surface area contributed by atoms with E-state index in [4.69, 9.17) is 16.2 Å². The van der Waals surface area contributed by atoms with Crippen LogP contribution in [-0.4, -0.2) is 76.6 Å². The summed E-state index contributed by atoms with van der Waals surface area (Å²) in [5.41, 5.74) is 6.04. The molecule has 2 amide bonds. The monoisotopic (exact) mass is 516 g/mol. The molecule has 0 spiro atoms. The molecule has 3 rings (SSSR count). The number of nitrogens with one attached hydrogen (secondary N) is 4. The molecule has 1 aliphatic heterocycles. The summed E-state index contributed by atoms with van der Waals surface area (Å²) in [5, 5.41) is 36.4. The Morgan fingerprint density at radius 1 is 1.03 bits per heavy atom. The molecule has 1 saturated heterocycles. The lowest BCUT2D eigenvalue weighted by Crippen LogP contribution is -2.58. The van der Waals surface area contributed by atoms with Gasteiger partial charge in [-0.3, -0.25) is 25.1 Å². The number of carboxylic acid groups (broad SMARTS) is 1. The third-order valence-corrected chi connectivity index (χ3v) is 7.33. The highest BCUT2D eigenvalue weighted by atomic mass is 16.4. The molecule has 1 aromatic rings. The summed E-state index contributed by atoms with van der Waals surface area (Å²) in [4.78, 5) is 39.7. The third-order valence-electron chi connectivity index (χ3n) is 7.33. The van der Waals surface area contributed by atoms with E-state index in [0.717, 1.165) is 32.1 Å². The van der Waals surface area contributed by atoms with Crippen molar-refractivity contribution in [2.75, 3.05) is 19.6 Å². The summed E-state index contributed by atoms with van der Waals surface area (Å²) in [6.45, 7) is 0.680. The number of likely N-dealkylation sites (tertiary alicyclic amines) is 1. The van der Waals surface area contributed by atoms with E-state index in [1.165, 1.54) is 0 Å². The minimum absolute atomic E-state index is 0.00714. The fraction of sp³-hybridized carbons (Fsp3) is 0.615. The first kappa shape index (κ1) is 28.4. The number of benzene rings is 1. The molecule has 1 aromatic carbocycles. The molecular weight excluding hydrogens is 476 g/mol. The number of carboxylic acids is 1. The number of guanidine groups is 1. The summed E-state index contributed by atoms with van der Waals surface area (Å²) in [5.74, 6) is -1.80. The Bertz CT molecular complexity index is 915. The highest BCUT2D eigenvalue weighted by Gasteiger charge is 2.34. The van der Waals surface area contributed by atoms with Crippen molar-refractivity contribution in [2.45, 2.75) is 75.6 Å². The molecule has 0 aromatic heterocycles. The molecule has 1 heterocycles. The van der Waals surface area contributed by atoms with Crippen molar-refractivity contribution >= 4 is 23.7 Å². The molecule has 3 atom stereocenters. The topological polar surface area (TPSA) is 181 Å². The van der Waals surface area contributed by atoms with Crippen LogP contribution >= 0.6 is 0 Å². The van der Waals surface area contributed by atoms with E-state index in [-0.39, 0.29) is 18.5 Å². The van der Waals surface area contributed by atoms with Crippen molar-refractivity contribution in [1.29, 1.82) is 5.41 Å². The minimum Gasteiger partial charge on any atom is -0.480 e. The summed E-state index contributed by atoms with van der Waals surface area (Å²) < 4.78 is 0.